The second-order valence-corrected chi connectivity index (χ2v) is 5.91. The van der Waals surface area contributed by atoms with E-state index in [0.717, 1.165) is 25.8 Å². The van der Waals surface area contributed by atoms with Crippen molar-refractivity contribution in [2.24, 2.45) is 0 Å². The maximum atomic E-state index is 11.4. The summed E-state index contributed by atoms with van der Waals surface area (Å²) in [5.41, 5.74) is 0. The molecule has 0 aromatic carbocycles. The van der Waals surface area contributed by atoms with Gasteiger partial charge >= 0.3 is 5.97 Å². The average molecular weight is 297 g/mol. The molecule has 0 spiro atoms. The molecular formula is C10H22NO3P3. The van der Waals surface area contributed by atoms with Crippen LogP contribution in [0.3, 0.4) is 0 Å². The highest BCUT2D eigenvalue weighted by molar-refractivity contribution is 8.00. The zero-order chi connectivity index (χ0) is 12.7. The molecule has 1 saturated heterocycles. The van der Waals surface area contributed by atoms with Crippen molar-refractivity contribution in [1.82, 2.24) is 4.67 Å². The van der Waals surface area contributed by atoms with Gasteiger partial charge < -0.3 is 9.26 Å². The van der Waals surface area contributed by atoms with Crippen LogP contribution >= 0.6 is 26.8 Å². The Morgan fingerprint density at radius 3 is 3.00 bits per heavy atom. The lowest BCUT2D eigenvalue weighted by Gasteiger charge is -2.38. The molecule has 0 aliphatic carbocycles. The Hall–Kier alpha value is 0.680. The Labute approximate surface area is 110 Å². The molecule has 7 heteroatoms. The fraction of sp³-hybridized carbons (Fsp3) is 0.900. The van der Waals surface area contributed by atoms with Gasteiger partial charge in [0.1, 0.15) is 0 Å². The van der Waals surface area contributed by atoms with Crippen LogP contribution in [0, 0.1) is 0 Å². The van der Waals surface area contributed by atoms with Crippen LogP contribution < -0.4 is 0 Å². The molecule has 3 unspecified atom stereocenters. The van der Waals surface area contributed by atoms with Gasteiger partial charge in [-0.2, -0.15) is 0 Å². The SMILES string of the molecule is CCOC(=O)CC[C@@H]1[C@@H](OPP)CCCN1P. The van der Waals surface area contributed by atoms with Crippen LogP contribution in [0.2, 0.25) is 0 Å². The van der Waals surface area contributed by atoms with Crippen LogP contribution in [0.4, 0.5) is 0 Å². The minimum atomic E-state index is -0.108. The fourth-order valence-electron chi connectivity index (χ4n) is 2.12. The molecule has 0 saturated carbocycles. The Morgan fingerprint density at radius 2 is 2.35 bits per heavy atom. The van der Waals surface area contributed by atoms with Crippen molar-refractivity contribution in [3.8, 4) is 0 Å². The molecule has 1 aliphatic heterocycles. The first kappa shape index (κ1) is 15.7. The predicted octanol–water partition coefficient (Wildman–Crippen LogP) is 2.35. The number of ether oxygens (including phenoxy) is 1. The van der Waals surface area contributed by atoms with Crippen LogP contribution in [-0.4, -0.2) is 35.9 Å². The molecule has 1 heterocycles. The largest absolute Gasteiger partial charge is 0.466 e. The Balaban J connectivity index is 2.42. The quantitative estimate of drug-likeness (QED) is 0.557. The average Bonchev–Trinajstić information content (AvgIpc) is 2.29. The number of esters is 1. The highest BCUT2D eigenvalue weighted by Gasteiger charge is 2.30. The Kier molecular flexibility index (Phi) is 8.08. The number of carbonyl (C=O) groups excluding carboxylic acids is 1. The second-order valence-electron chi connectivity index (χ2n) is 4.07. The summed E-state index contributed by atoms with van der Waals surface area (Å²) >= 11 is 0. The van der Waals surface area contributed by atoms with E-state index in [1.807, 2.05) is 6.92 Å². The summed E-state index contributed by atoms with van der Waals surface area (Å²) < 4.78 is 12.9. The van der Waals surface area contributed by atoms with E-state index in [9.17, 15) is 4.79 Å². The minimum absolute atomic E-state index is 0.108. The predicted molar refractivity (Wildman–Crippen MR) is 78.2 cm³/mol. The molecule has 17 heavy (non-hydrogen) atoms. The van der Waals surface area contributed by atoms with Crippen molar-refractivity contribution >= 4 is 32.8 Å². The summed E-state index contributed by atoms with van der Waals surface area (Å²) in [6.45, 7) is 3.35. The standard InChI is InChI=1S/C10H22NO3P3/c1-2-13-10(12)6-5-8-9(14-17-16)4-3-7-11(8)15/h8-9,17H,2-7,15-16H2,1H3/t8-,9+/m1/s1. The number of nitrogens with zero attached hydrogens (tertiary/aromatic N) is 1. The molecule has 4 nitrogen and oxygen atoms in total. The highest BCUT2D eigenvalue weighted by atomic mass is 32.0. The van der Waals surface area contributed by atoms with Crippen LogP contribution in [0.25, 0.3) is 0 Å². The van der Waals surface area contributed by atoms with Gasteiger partial charge in [0.15, 0.2) is 0 Å². The van der Waals surface area contributed by atoms with E-state index in [1.165, 1.54) is 0 Å². The number of hydrogen-bond donors (Lipinski definition) is 0. The van der Waals surface area contributed by atoms with Gasteiger partial charge in [0, 0.05) is 27.5 Å². The minimum Gasteiger partial charge on any atom is -0.466 e. The molecule has 0 aromatic heterocycles. The van der Waals surface area contributed by atoms with Crippen LogP contribution in [0.5, 0.6) is 0 Å². The van der Waals surface area contributed by atoms with Crippen LogP contribution in [0.1, 0.15) is 32.6 Å². The van der Waals surface area contributed by atoms with Crippen molar-refractivity contribution in [3.63, 3.8) is 0 Å². The molecule has 0 bridgehead atoms. The molecule has 5 atom stereocenters. The molecular weight excluding hydrogens is 275 g/mol. The van der Waals surface area contributed by atoms with Crippen molar-refractivity contribution in [3.05, 3.63) is 0 Å². The molecule has 1 rings (SSSR count). The number of hydrogen-bond acceptors (Lipinski definition) is 4. The Morgan fingerprint density at radius 1 is 1.59 bits per heavy atom. The summed E-state index contributed by atoms with van der Waals surface area (Å²) in [5, 5.41) is 0. The zero-order valence-corrected chi connectivity index (χ0v) is 13.5. The van der Waals surface area contributed by atoms with Gasteiger partial charge in [-0.15, -0.1) is 0 Å². The monoisotopic (exact) mass is 297 g/mol. The van der Waals surface area contributed by atoms with E-state index >= 15 is 0 Å². The first-order valence-corrected chi connectivity index (χ1v) is 9.20. The van der Waals surface area contributed by atoms with E-state index < -0.39 is 0 Å². The molecule has 0 aromatic rings. The van der Waals surface area contributed by atoms with Gasteiger partial charge in [0.25, 0.3) is 0 Å². The van der Waals surface area contributed by atoms with Gasteiger partial charge in [-0.1, -0.05) is 18.3 Å². The summed E-state index contributed by atoms with van der Waals surface area (Å²) in [6, 6.07) is 0.311. The van der Waals surface area contributed by atoms with Crippen LogP contribution in [0.15, 0.2) is 0 Å². The van der Waals surface area contributed by atoms with Crippen molar-refractivity contribution < 1.29 is 14.1 Å². The number of piperidine rings is 1. The van der Waals surface area contributed by atoms with Crippen LogP contribution in [-0.2, 0) is 14.1 Å². The summed E-state index contributed by atoms with van der Waals surface area (Å²) in [6.07, 6.45) is 3.76. The zero-order valence-electron chi connectivity index (χ0n) is 10.2. The number of rotatable bonds is 6. The first-order chi connectivity index (χ1) is 8.19. The van der Waals surface area contributed by atoms with E-state index in [0.29, 0.717) is 27.6 Å². The van der Waals surface area contributed by atoms with Crippen molar-refractivity contribution in [2.45, 2.75) is 44.8 Å². The van der Waals surface area contributed by atoms with Gasteiger partial charge in [-0.3, -0.25) is 9.46 Å². The van der Waals surface area contributed by atoms with E-state index in [-0.39, 0.29) is 12.1 Å². The van der Waals surface area contributed by atoms with Gasteiger partial charge in [0.05, 0.1) is 12.7 Å². The molecule has 100 valence electrons. The second kappa shape index (κ2) is 8.73. The molecule has 0 radical (unpaired) electrons. The third-order valence-electron chi connectivity index (χ3n) is 2.93. The van der Waals surface area contributed by atoms with Gasteiger partial charge in [-0.25, -0.2) is 0 Å². The smallest absolute Gasteiger partial charge is 0.305 e. The van der Waals surface area contributed by atoms with E-state index in [4.69, 9.17) is 9.26 Å². The highest BCUT2D eigenvalue weighted by Crippen LogP contribution is 2.33. The maximum Gasteiger partial charge on any atom is 0.305 e. The van der Waals surface area contributed by atoms with Gasteiger partial charge in [0.2, 0.25) is 0 Å². The normalized spacial score (nSPS) is 26.5. The summed E-state index contributed by atoms with van der Waals surface area (Å²) in [7, 11) is 5.79. The molecule has 1 fully saturated rings. The van der Waals surface area contributed by atoms with Crippen molar-refractivity contribution in [2.75, 3.05) is 13.2 Å². The fourth-order valence-corrected chi connectivity index (χ4v) is 3.62. The third-order valence-corrected chi connectivity index (χ3v) is 4.42. The topological polar surface area (TPSA) is 38.8 Å². The lowest BCUT2D eigenvalue weighted by Crippen LogP contribution is -2.43. The summed E-state index contributed by atoms with van der Waals surface area (Å²) in [5.74, 6) is -0.108. The van der Waals surface area contributed by atoms with Crippen molar-refractivity contribution in [1.29, 1.82) is 0 Å². The maximum absolute atomic E-state index is 11.4. The third kappa shape index (κ3) is 5.45. The van der Waals surface area contributed by atoms with E-state index in [1.54, 1.807) is 0 Å². The first-order valence-electron chi connectivity index (χ1n) is 5.97. The Bertz CT molecular complexity index is 241. The lowest BCUT2D eigenvalue weighted by molar-refractivity contribution is -0.143. The molecule has 0 amide bonds. The van der Waals surface area contributed by atoms with E-state index in [2.05, 4.69) is 23.0 Å². The lowest BCUT2D eigenvalue weighted by atomic mass is 9.97. The molecule has 1 aliphatic rings. The molecule has 0 N–H and O–H groups in total. The van der Waals surface area contributed by atoms with Gasteiger partial charge in [-0.05, 0) is 26.2 Å². The number of carbonyl (C=O) groups is 1. The summed E-state index contributed by atoms with van der Waals surface area (Å²) in [4.78, 5) is 11.4.